The van der Waals surface area contributed by atoms with Crippen molar-refractivity contribution in [3.05, 3.63) is 29.8 Å². The van der Waals surface area contributed by atoms with E-state index in [9.17, 15) is 13.2 Å². The minimum absolute atomic E-state index is 0.114. The van der Waals surface area contributed by atoms with E-state index in [1.54, 1.807) is 0 Å². The Hall–Kier alpha value is -1.48. The second-order valence-electron chi connectivity index (χ2n) is 4.67. The summed E-state index contributed by atoms with van der Waals surface area (Å²) in [5, 5.41) is 2.76. The van der Waals surface area contributed by atoms with Crippen LogP contribution >= 0.6 is 0 Å². The second-order valence-corrected chi connectivity index (χ2v) is 6.43. The number of carbonyl (C=O) groups is 1. The van der Waals surface area contributed by atoms with Gasteiger partial charge in [0.2, 0.25) is 10.0 Å². The summed E-state index contributed by atoms with van der Waals surface area (Å²) < 4.78 is 31.1. The SMILES string of the molecule is COCCNS(=O)(=O)c1ccc(C(=O)NCCCCN)cc1. The quantitative estimate of drug-likeness (QED) is 0.527. The topological polar surface area (TPSA) is 111 Å². The molecule has 0 saturated heterocycles. The van der Waals surface area contributed by atoms with Gasteiger partial charge >= 0.3 is 0 Å². The molecule has 1 amide bonds. The Morgan fingerprint density at radius 2 is 1.86 bits per heavy atom. The molecule has 0 radical (unpaired) electrons. The van der Waals surface area contributed by atoms with Gasteiger partial charge in [0.1, 0.15) is 0 Å². The van der Waals surface area contributed by atoms with Crippen molar-refractivity contribution in [1.82, 2.24) is 10.0 Å². The first kappa shape index (κ1) is 18.6. The Bertz CT molecular complexity index is 558. The number of nitrogens with two attached hydrogens (primary N) is 1. The highest BCUT2D eigenvalue weighted by molar-refractivity contribution is 7.89. The zero-order valence-electron chi connectivity index (χ0n) is 12.7. The van der Waals surface area contributed by atoms with Crippen molar-refractivity contribution in [2.75, 3.05) is 33.4 Å². The highest BCUT2D eigenvalue weighted by Gasteiger charge is 2.14. The van der Waals surface area contributed by atoms with Crippen LogP contribution < -0.4 is 15.8 Å². The van der Waals surface area contributed by atoms with Gasteiger partial charge in [-0.25, -0.2) is 13.1 Å². The van der Waals surface area contributed by atoms with Gasteiger partial charge < -0.3 is 15.8 Å². The lowest BCUT2D eigenvalue weighted by molar-refractivity contribution is 0.0953. The lowest BCUT2D eigenvalue weighted by atomic mass is 10.2. The van der Waals surface area contributed by atoms with Crippen LogP contribution in [0.1, 0.15) is 23.2 Å². The molecule has 7 nitrogen and oxygen atoms in total. The zero-order chi connectivity index (χ0) is 16.4. The summed E-state index contributed by atoms with van der Waals surface area (Å²) in [4.78, 5) is 12.0. The van der Waals surface area contributed by atoms with E-state index in [-0.39, 0.29) is 17.3 Å². The number of methoxy groups -OCH3 is 1. The Morgan fingerprint density at radius 3 is 2.45 bits per heavy atom. The van der Waals surface area contributed by atoms with Crippen LogP contribution in [-0.2, 0) is 14.8 Å². The maximum Gasteiger partial charge on any atom is 0.251 e. The molecule has 1 rings (SSSR count). The number of benzene rings is 1. The summed E-state index contributed by atoms with van der Waals surface area (Å²) in [7, 11) is -2.08. The van der Waals surface area contributed by atoms with Gasteiger partial charge in [0.05, 0.1) is 11.5 Å². The van der Waals surface area contributed by atoms with E-state index in [2.05, 4.69) is 10.0 Å². The number of ether oxygens (including phenoxy) is 1. The van der Waals surface area contributed by atoms with Crippen molar-refractivity contribution in [3.8, 4) is 0 Å². The zero-order valence-corrected chi connectivity index (χ0v) is 13.5. The Balaban J connectivity index is 2.60. The van der Waals surface area contributed by atoms with Crippen LogP contribution in [0.4, 0.5) is 0 Å². The summed E-state index contributed by atoms with van der Waals surface area (Å²) in [6.45, 7) is 1.64. The van der Waals surface area contributed by atoms with Gasteiger partial charge in [0, 0.05) is 25.8 Å². The molecule has 0 atom stereocenters. The van der Waals surface area contributed by atoms with E-state index in [1.165, 1.54) is 31.4 Å². The number of rotatable bonds is 10. The molecular formula is C14H23N3O4S. The molecule has 0 aliphatic carbocycles. The summed E-state index contributed by atoms with van der Waals surface area (Å²) in [6.07, 6.45) is 1.67. The Kier molecular flexibility index (Phi) is 8.03. The van der Waals surface area contributed by atoms with Crippen LogP contribution in [0.2, 0.25) is 0 Å². The third-order valence-electron chi connectivity index (χ3n) is 2.94. The molecule has 22 heavy (non-hydrogen) atoms. The first-order valence-corrected chi connectivity index (χ1v) is 8.56. The number of hydrogen-bond acceptors (Lipinski definition) is 5. The monoisotopic (exact) mass is 329 g/mol. The average Bonchev–Trinajstić information content (AvgIpc) is 2.51. The second kappa shape index (κ2) is 9.52. The average molecular weight is 329 g/mol. The molecule has 0 aromatic heterocycles. The Labute approximate surface area is 131 Å². The highest BCUT2D eigenvalue weighted by atomic mass is 32.2. The molecule has 0 aliphatic rings. The van der Waals surface area contributed by atoms with Gasteiger partial charge in [-0.2, -0.15) is 0 Å². The van der Waals surface area contributed by atoms with E-state index in [0.29, 0.717) is 25.3 Å². The van der Waals surface area contributed by atoms with Crippen LogP contribution in [0.25, 0.3) is 0 Å². The smallest absolute Gasteiger partial charge is 0.251 e. The minimum Gasteiger partial charge on any atom is -0.383 e. The molecule has 124 valence electrons. The molecule has 0 spiro atoms. The summed E-state index contributed by atoms with van der Waals surface area (Å²) in [6, 6.07) is 5.79. The molecule has 1 aromatic rings. The van der Waals surface area contributed by atoms with Crippen LogP contribution in [0, 0.1) is 0 Å². The van der Waals surface area contributed by atoms with Crippen LogP contribution in [-0.4, -0.2) is 47.7 Å². The molecule has 8 heteroatoms. The fourth-order valence-electron chi connectivity index (χ4n) is 1.72. The fraction of sp³-hybridized carbons (Fsp3) is 0.500. The van der Waals surface area contributed by atoms with Gasteiger partial charge in [-0.1, -0.05) is 0 Å². The van der Waals surface area contributed by atoms with Gasteiger partial charge in [-0.05, 0) is 43.7 Å². The number of nitrogens with one attached hydrogen (secondary N) is 2. The lowest BCUT2D eigenvalue weighted by Gasteiger charge is -2.08. The molecule has 0 unspecified atom stereocenters. The normalized spacial score (nSPS) is 11.4. The van der Waals surface area contributed by atoms with Crippen LogP contribution in [0.5, 0.6) is 0 Å². The summed E-state index contributed by atoms with van der Waals surface area (Å²) in [5.74, 6) is -0.228. The maximum absolute atomic E-state index is 12.0. The minimum atomic E-state index is -3.57. The van der Waals surface area contributed by atoms with Gasteiger partial charge in [0.15, 0.2) is 0 Å². The van der Waals surface area contributed by atoms with Gasteiger partial charge in [-0.3, -0.25) is 4.79 Å². The molecule has 0 saturated carbocycles. The van der Waals surface area contributed by atoms with Crippen molar-refractivity contribution in [2.24, 2.45) is 5.73 Å². The van der Waals surface area contributed by atoms with E-state index in [1.807, 2.05) is 0 Å². The van der Waals surface area contributed by atoms with E-state index < -0.39 is 10.0 Å². The first-order valence-electron chi connectivity index (χ1n) is 7.08. The van der Waals surface area contributed by atoms with E-state index in [0.717, 1.165) is 12.8 Å². The van der Waals surface area contributed by atoms with Crippen molar-refractivity contribution in [1.29, 1.82) is 0 Å². The summed E-state index contributed by atoms with van der Waals surface area (Å²) >= 11 is 0. The lowest BCUT2D eigenvalue weighted by Crippen LogP contribution is -2.27. The van der Waals surface area contributed by atoms with Crippen molar-refractivity contribution in [3.63, 3.8) is 0 Å². The largest absolute Gasteiger partial charge is 0.383 e. The predicted molar refractivity (Wildman–Crippen MR) is 84.1 cm³/mol. The van der Waals surface area contributed by atoms with Crippen molar-refractivity contribution in [2.45, 2.75) is 17.7 Å². The molecule has 1 aromatic carbocycles. The molecule has 0 fully saturated rings. The Morgan fingerprint density at radius 1 is 1.18 bits per heavy atom. The molecule has 0 bridgehead atoms. The van der Waals surface area contributed by atoms with Crippen molar-refractivity contribution < 1.29 is 17.9 Å². The standard InChI is InChI=1S/C14H23N3O4S/c1-21-11-10-17-22(19,20)13-6-4-12(5-7-13)14(18)16-9-3-2-8-15/h4-7,17H,2-3,8-11,15H2,1H3,(H,16,18). The number of amides is 1. The predicted octanol–water partition coefficient (Wildman–Crippen LogP) is 0.0800. The van der Waals surface area contributed by atoms with Crippen molar-refractivity contribution >= 4 is 15.9 Å². The van der Waals surface area contributed by atoms with Crippen LogP contribution in [0.3, 0.4) is 0 Å². The fourth-order valence-corrected chi connectivity index (χ4v) is 2.73. The highest BCUT2D eigenvalue weighted by Crippen LogP contribution is 2.10. The molecule has 0 aliphatic heterocycles. The maximum atomic E-state index is 12.0. The summed E-state index contributed by atoms with van der Waals surface area (Å²) in [5.41, 5.74) is 5.79. The molecule has 4 N–H and O–H groups in total. The van der Waals surface area contributed by atoms with E-state index in [4.69, 9.17) is 10.5 Å². The van der Waals surface area contributed by atoms with E-state index >= 15 is 0 Å². The van der Waals surface area contributed by atoms with Gasteiger partial charge in [0.25, 0.3) is 5.91 Å². The van der Waals surface area contributed by atoms with Gasteiger partial charge in [-0.15, -0.1) is 0 Å². The number of hydrogen-bond donors (Lipinski definition) is 3. The number of carbonyl (C=O) groups excluding carboxylic acids is 1. The number of unbranched alkanes of at least 4 members (excludes halogenated alkanes) is 1. The third-order valence-corrected chi connectivity index (χ3v) is 4.42. The number of sulfonamides is 1. The molecule has 0 heterocycles. The first-order chi connectivity index (χ1) is 10.5. The molecular weight excluding hydrogens is 306 g/mol. The third kappa shape index (κ3) is 6.10. The van der Waals surface area contributed by atoms with Crippen LogP contribution in [0.15, 0.2) is 29.2 Å².